The smallest absolute Gasteiger partial charge is 0.326 e. The van der Waals surface area contributed by atoms with E-state index in [1.54, 1.807) is 11.8 Å². The van der Waals surface area contributed by atoms with E-state index in [1.165, 1.54) is 6.33 Å². The Hall–Kier alpha value is -1.08. The Morgan fingerprint density at radius 3 is 2.95 bits per heavy atom. The van der Waals surface area contributed by atoms with Gasteiger partial charge in [-0.15, -0.1) is 0 Å². The summed E-state index contributed by atoms with van der Waals surface area (Å²) in [5, 5.41) is 10.6. The van der Waals surface area contributed by atoms with Crippen LogP contribution in [0.25, 0.3) is 0 Å². The third kappa shape index (κ3) is 5.20. The Morgan fingerprint density at radius 2 is 2.37 bits per heavy atom. The second kappa shape index (κ2) is 8.16. The summed E-state index contributed by atoms with van der Waals surface area (Å²) >= 11 is 1.55. The van der Waals surface area contributed by atoms with Gasteiger partial charge in [0.1, 0.15) is 11.9 Å². The molecule has 0 spiro atoms. The standard InChI is InChI=1S/C12H22N4O2S/c1-4-7-14-12(3,10(17)18-5-2)6-8-19-11-13-9-15-16-11/h9,14H,4-8H2,1-3H3,(H,13,15,16). The van der Waals surface area contributed by atoms with Gasteiger partial charge in [0.25, 0.3) is 0 Å². The van der Waals surface area contributed by atoms with Crippen molar-refractivity contribution in [3.8, 4) is 0 Å². The molecular weight excluding hydrogens is 264 g/mol. The van der Waals surface area contributed by atoms with E-state index in [0.717, 1.165) is 23.9 Å². The van der Waals surface area contributed by atoms with Gasteiger partial charge in [0.05, 0.1) is 6.61 Å². The molecule has 1 atom stereocenters. The van der Waals surface area contributed by atoms with Gasteiger partial charge in [-0.2, -0.15) is 5.10 Å². The zero-order chi connectivity index (χ0) is 14.1. The predicted octanol–water partition coefficient (Wildman–Crippen LogP) is 1.61. The van der Waals surface area contributed by atoms with Crippen LogP contribution in [-0.2, 0) is 9.53 Å². The van der Waals surface area contributed by atoms with Gasteiger partial charge in [-0.1, -0.05) is 18.7 Å². The molecule has 1 heterocycles. The topological polar surface area (TPSA) is 79.9 Å². The van der Waals surface area contributed by atoms with Crippen molar-refractivity contribution >= 4 is 17.7 Å². The number of nitrogens with zero attached hydrogens (tertiary/aromatic N) is 2. The lowest BCUT2D eigenvalue weighted by atomic mass is 9.99. The molecule has 19 heavy (non-hydrogen) atoms. The second-order valence-corrected chi connectivity index (χ2v) is 5.45. The van der Waals surface area contributed by atoms with Gasteiger partial charge in [0.2, 0.25) is 0 Å². The number of aromatic amines is 1. The maximum atomic E-state index is 12.0. The summed E-state index contributed by atoms with van der Waals surface area (Å²) in [5.74, 6) is 0.572. The minimum atomic E-state index is -0.640. The van der Waals surface area contributed by atoms with Crippen molar-refractivity contribution in [1.29, 1.82) is 0 Å². The Bertz CT molecular complexity index is 372. The fourth-order valence-electron chi connectivity index (χ4n) is 1.57. The second-order valence-electron chi connectivity index (χ2n) is 4.37. The van der Waals surface area contributed by atoms with Crippen molar-refractivity contribution in [3.63, 3.8) is 0 Å². The number of rotatable bonds is 9. The average Bonchev–Trinajstić information content (AvgIpc) is 2.90. The molecule has 108 valence electrons. The zero-order valence-corrected chi connectivity index (χ0v) is 12.5. The first-order valence-corrected chi connectivity index (χ1v) is 7.51. The SMILES string of the molecule is CCCNC(C)(CCSc1ncn[nH]1)C(=O)OCC. The van der Waals surface area contributed by atoms with E-state index in [2.05, 4.69) is 27.4 Å². The summed E-state index contributed by atoms with van der Waals surface area (Å²) in [6.45, 7) is 6.98. The van der Waals surface area contributed by atoms with Crippen LogP contribution in [-0.4, -0.2) is 45.6 Å². The van der Waals surface area contributed by atoms with Gasteiger partial charge in [0, 0.05) is 5.75 Å². The van der Waals surface area contributed by atoms with Crippen molar-refractivity contribution in [2.24, 2.45) is 0 Å². The summed E-state index contributed by atoms with van der Waals surface area (Å²) in [5.41, 5.74) is -0.640. The fourth-order valence-corrected chi connectivity index (χ4v) is 2.51. The van der Waals surface area contributed by atoms with Gasteiger partial charge >= 0.3 is 5.97 Å². The van der Waals surface area contributed by atoms with Crippen LogP contribution in [0, 0.1) is 0 Å². The molecule has 1 aromatic heterocycles. The minimum absolute atomic E-state index is 0.193. The molecule has 1 unspecified atom stereocenters. The lowest BCUT2D eigenvalue weighted by Gasteiger charge is -2.28. The maximum Gasteiger partial charge on any atom is 0.326 e. The van der Waals surface area contributed by atoms with Crippen molar-refractivity contribution in [2.45, 2.75) is 44.3 Å². The van der Waals surface area contributed by atoms with Crippen LogP contribution < -0.4 is 5.32 Å². The number of nitrogens with one attached hydrogen (secondary N) is 2. The number of esters is 1. The first-order valence-electron chi connectivity index (χ1n) is 6.52. The van der Waals surface area contributed by atoms with E-state index in [-0.39, 0.29) is 5.97 Å². The highest BCUT2D eigenvalue weighted by atomic mass is 32.2. The summed E-state index contributed by atoms with van der Waals surface area (Å²) in [6, 6.07) is 0. The number of thioether (sulfide) groups is 1. The molecule has 0 aliphatic rings. The van der Waals surface area contributed by atoms with E-state index >= 15 is 0 Å². The van der Waals surface area contributed by atoms with Crippen LogP contribution in [0.5, 0.6) is 0 Å². The molecular formula is C12H22N4O2S. The number of carbonyl (C=O) groups is 1. The number of hydrogen-bond donors (Lipinski definition) is 2. The zero-order valence-electron chi connectivity index (χ0n) is 11.7. The van der Waals surface area contributed by atoms with Crippen molar-refractivity contribution in [1.82, 2.24) is 20.5 Å². The maximum absolute atomic E-state index is 12.0. The summed E-state index contributed by atoms with van der Waals surface area (Å²) in [4.78, 5) is 16.1. The molecule has 0 saturated heterocycles. The molecule has 6 nitrogen and oxygen atoms in total. The Labute approximate surface area is 118 Å². The first-order chi connectivity index (χ1) is 9.12. The van der Waals surface area contributed by atoms with Crippen LogP contribution in [0.2, 0.25) is 0 Å². The molecule has 0 radical (unpaired) electrons. The lowest BCUT2D eigenvalue weighted by Crippen LogP contribution is -2.51. The minimum Gasteiger partial charge on any atom is -0.465 e. The highest BCUT2D eigenvalue weighted by Crippen LogP contribution is 2.19. The molecule has 0 aromatic carbocycles. The number of H-pyrrole nitrogens is 1. The summed E-state index contributed by atoms with van der Waals surface area (Å²) in [7, 11) is 0. The molecule has 1 aromatic rings. The van der Waals surface area contributed by atoms with E-state index in [9.17, 15) is 4.79 Å². The van der Waals surface area contributed by atoms with Gasteiger partial charge in [-0.25, -0.2) is 4.98 Å². The van der Waals surface area contributed by atoms with Gasteiger partial charge in [-0.05, 0) is 33.2 Å². The molecule has 0 amide bonds. The Morgan fingerprint density at radius 1 is 1.58 bits per heavy atom. The van der Waals surface area contributed by atoms with Crippen LogP contribution in [0.1, 0.15) is 33.6 Å². The van der Waals surface area contributed by atoms with Crippen molar-refractivity contribution in [2.75, 3.05) is 18.9 Å². The van der Waals surface area contributed by atoms with Crippen molar-refractivity contribution < 1.29 is 9.53 Å². The number of hydrogen-bond acceptors (Lipinski definition) is 6. The number of ether oxygens (including phenoxy) is 1. The van der Waals surface area contributed by atoms with Gasteiger partial charge in [-0.3, -0.25) is 9.89 Å². The first kappa shape index (κ1) is 16.0. The van der Waals surface area contributed by atoms with E-state index in [4.69, 9.17) is 4.74 Å². The van der Waals surface area contributed by atoms with E-state index in [0.29, 0.717) is 13.0 Å². The Balaban J connectivity index is 2.50. The molecule has 0 aliphatic heterocycles. The molecule has 1 rings (SSSR count). The van der Waals surface area contributed by atoms with Crippen molar-refractivity contribution in [3.05, 3.63) is 6.33 Å². The molecule has 0 fully saturated rings. The predicted molar refractivity (Wildman–Crippen MR) is 75.1 cm³/mol. The van der Waals surface area contributed by atoms with Crippen LogP contribution in [0.3, 0.4) is 0 Å². The largest absolute Gasteiger partial charge is 0.465 e. The van der Waals surface area contributed by atoms with Gasteiger partial charge < -0.3 is 10.1 Å². The van der Waals surface area contributed by atoms with Crippen LogP contribution >= 0.6 is 11.8 Å². The van der Waals surface area contributed by atoms with Crippen LogP contribution in [0.4, 0.5) is 0 Å². The quantitative estimate of drug-likeness (QED) is 0.530. The highest BCUT2D eigenvalue weighted by molar-refractivity contribution is 7.99. The lowest BCUT2D eigenvalue weighted by molar-refractivity contribution is -0.150. The average molecular weight is 286 g/mol. The van der Waals surface area contributed by atoms with Gasteiger partial charge in [0.15, 0.2) is 5.16 Å². The normalized spacial score (nSPS) is 14.1. The molecule has 7 heteroatoms. The molecule has 0 aliphatic carbocycles. The molecule has 0 saturated carbocycles. The van der Waals surface area contributed by atoms with E-state index in [1.807, 2.05) is 13.8 Å². The summed E-state index contributed by atoms with van der Waals surface area (Å²) < 4.78 is 5.15. The fraction of sp³-hybridized carbons (Fsp3) is 0.750. The number of aromatic nitrogens is 3. The Kier molecular flexibility index (Phi) is 6.86. The third-order valence-electron chi connectivity index (χ3n) is 2.72. The monoisotopic (exact) mass is 286 g/mol. The van der Waals surface area contributed by atoms with Crippen LogP contribution in [0.15, 0.2) is 11.5 Å². The molecule has 2 N–H and O–H groups in total. The third-order valence-corrected chi connectivity index (χ3v) is 3.60. The van der Waals surface area contributed by atoms with E-state index < -0.39 is 5.54 Å². The highest BCUT2D eigenvalue weighted by Gasteiger charge is 2.33. The number of carbonyl (C=O) groups excluding carboxylic acids is 1. The summed E-state index contributed by atoms with van der Waals surface area (Å²) in [6.07, 6.45) is 3.13. The molecule has 0 bridgehead atoms.